The number of hydrogen-bond acceptors (Lipinski definition) is 7. The third-order valence-electron chi connectivity index (χ3n) is 5.81. The van der Waals surface area contributed by atoms with Crippen molar-refractivity contribution in [1.82, 2.24) is 25.9 Å². The van der Waals surface area contributed by atoms with Crippen molar-refractivity contribution in [3.8, 4) is 5.75 Å². The summed E-state index contributed by atoms with van der Waals surface area (Å²) in [5.74, 6) is -3.39. The fourth-order valence-corrected chi connectivity index (χ4v) is 3.41. The molecule has 8 N–H and O–H groups in total. The minimum atomic E-state index is -1.18. The molecule has 2 aromatic rings. The first-order valence-electron chi connectivity index (χ1n) is 11.7. The van der Waals surface area contributed by atoms with E-state index in [0.717, 1.165) is 0 Å². The molecule has 0 bridgehead atoms. The van der Waals surface area contributed by atoms with Crippen molar-refractivity contribution < 1.29 is 29.4 Å². The van der Waals surface area contributed by atoms with E-state index in [1.807, 2.05) is 6.92 Å². The molecule has 12 heteroatoms. The number of carbonyl (C=O) groups excluding carboxylic acids is 3. The van der Waals surface area contributed by atoms with Crippen molar-refractivity contribution in [3.05, 3.63) is 48.0 Å². The van der Waals surface area contributed by atoms with Crippen LogP contribution < -0.4 is 21.7 Å². The highest BCUT2D eigenvalue weighted by atomic mass is 16.4. The molecule has 1 aromatic carbocycles. The zero-order valence-corrected chi connectivity index (χ0v) is 20.5. The Bertz CT molecular complexity index is 1020. The smallest absolute Gasteiger partial charge is 0.326 e. The summed E-state index contributed by atoms with van der Waals surface area (Å²) in [6.07, 6.45) is 3.50. The Kier molecular flexibility index (Phi) is 10.4. The maximum atomic E-state index is 13.3. The third kappa shape index (κ3) is 8.38. The first kappa shape index (κ1) is 28.3. The van der Waals surface area contributed by atoms with Crippen LogP contribution >= 0.6 is 0 Å². The summed E-state index contributed by atoms with van der Waals surface area (Å²) in [7, 11) is 0. The van der Waals surface area contributed by atoms with Gasteiger partial charge in [-0.05, 0) is 30.5 Å². The van der Waals surface area contributed by atoms with Crippen LogP contribution in [0.4, 0.5) is 0 Å². The minimum Gasteiger partial charge on any atom is -0.508 e. The molecule has 12 nitrogen and oxygen atoms in total. The molecule has 196 valence electrons. The van der Waals surface area contributed by atoms with Gasteiger partial charge in [0.25, 0.3) is 0 Å². The number of aliphatic carboxylic acids is 1. The summed E-state index contributed by atoms with van der Waals surface area (Å²) in [5.41, 5.74) is 6.84. The molecular formula is C24H34N6O6. The van der Waals surface area contributed by atoms with Crippen LogP contribution in [-0.2, 0) is 32.0 Å². The molecule has 3 amide bonds. The number of carbonyl (C=O) groups is 4. The van der Waals surface area contributed by atoms with Crippen LogP contribution in [0.2, 0.25) is 0 Å². The monoisotopic (exact) mass is 502 g/mol. The second-order valence-electron chi connectivity index (χ2n) is 8.77. The Balaban J connectivity index is 2.27. The number of nitrogens with one attached hydrogen (secondary N) is 4. The van der Waals surface area contributed by atoms with Gasteiger partial charge in [-0.1, -0.05) is 32.4 Å². The van der Waals surface area contributed by atoms with Crippen LogP contribution in [0, 0.1) is 5.92 Å². The lowest BCUT2D eigenvalue weighted by Gasteiger charge is -2.26. The van der Waals surface area contributed by atoms with Gasteiger partial charge in [-0.2, -0.15) is 0 Å². The number of rotatable bonds is 13. The summed E-state index contributed by atoms with van der Waals surface area (Å²) in [4.78, 5) is 57.2. The number of nitrogens with two attached hydrogens (primary N) is 1. The standard InChI is InChI=1S/C24H34N6O6/c1-4-13(2)20(24(35)36)30-23(34)19(10-16-11-26-12-27-16)29-22(33)18(28-21(32)14(3)25)9-15-5-7-17(31)8-6-15/h5-8,11-14,18-20,31H,4,9-10,25H2,1-3H3,(H,26,27)(H,28,32)(H,29,33)(H,30,34)(H,35,36). The predicted octanol–water partition coefficient (Wildman–Crippen LogP) is -0.167. The van der Waals surface area contributed by atoms with E-state index in [9.17, 15) is 29.4 Å². The predicted molar refractivity (Wildman–Crippen MR) is 131 cm³/mol. The number of phenols is 1. The van der Waals surface area contributed by atoms with Gasteiger partial charge in [0.05, 0.1) is 12.4 Å². The number of imidazole rings is 1. The molecule has 0 fully saturated rings. The Hall–Kier alpha value is -3.93. The number of carboxylic acids is 1. The minimum absolute atomic E-state index is 0.0115. The molecule has 0 saturated carbocycles. The average molecular weight is 503 g/mol. The van der Waals surface area contributed by atoms with Gasteiger partial charge in [-0.25, -0.2) is 9.78 Å². The fraction of sp³-hybridized carbons (Fsp3) is 0.458. The van der Waals surface area contributed by atoms with Gasteiger partial charge in [0.1, 0.15) is 23.9 Å². The van der Waals surface area contributed by atoms with Crippen LogP contribution in [0.1, 0.15) is 38.4 Å². The number of amides is 3. The maximum absolute atomic E-state index is 13.3. The molecule has 0 aliphatic rings. The molecule has 5 unspecified atom stereocenters. The Morgan fingerprint density at radius 1 is 0.972 bits per heavy atom. The van der Waals surface area contributed by atoms with Crippen LogP contribution in [0.5, 0.6) is 5.75 Å². The number of benzene rings is 1. The number of carboxylic acid groups (broad SMARTS) is 1. The highest BCUT2D eigenvalue weighted by Gasteiger charge is 2.32. The fourth-order valence-electron chi connectivity index (χ4n) is 3.41. The lowest BCUT2D eigenvalue weighted by molar-refractivity contribution is -0.143. The van der Waals surface area contributed by atoms with E-state index in [0.29, 0.717) is 17.7 Å². The van der Waals surface area contributed by atoms with Gasteiger partial charge in [0.2, 0.25) is 17.7 Å². The number of phenolic OH excluding ortho intramolecular Hbond substituents is 1. The molecular weight excluding hydrogens is 468 g/mol. The zero-order chi connectivity index (χ0) is 26.8. The molecule has 0 saturated heterocycles. The van der Waals surface area contributed by atoms with Crippen LogP contribution in [0.25, 0.3) is 0 Å². The van der Waals surface area contributed by atoms with Gasteiger partial charge in [0.15, 0.2) is 0 Å². The van der Waals surface area contributed by atoms with E-state index < -0.39 is 47.9 Å². The highest BCUT2D eigenvalue weighted by Crippen LogP contribution is 2.13. The first-order valence-corrected chi connectivity index (χ1v) is 11.7. The molecule has 0 aliphatic heterocycles. The van der Waals surface area contributed by atoms with Gasteiger partial charge in [-0.15, -0.1) is 0 Å². The lowest BCUT2D eigenvalue weighted by Crippen LogP contribution is -2.58. The van der Waals surface area contributed by atoms with E-state index >= 15 is 0 Å². The third-order valence-corrected chi connectivity index (χ3v) is 5.81. The lowest BCUT2D eigenvalue weighted by atomic mass is 9.98. The molecule has 5 atom stereocenters. The number of aromatic nitrogens is 2. The van der Waals surface area contributed by atoms with E-state index in [-0.39, 0.29) is 24.5 Å². The quantitative estimate of drug-likeness (QED) is 0.196. The van der Waals surface area contributed by atoms with Gasteiger partial charge in [-0.3, -0.25) is 14.4 Å². The summed E-state index contributed by atoms with van der Waals surface area (Å²) >= 11 is 0. The number of hydrogen-bond donors (Lipinski definition) is 7. The van der Waals surface area contributed by atoms with Gasteiger partial charge in [0, 0.05) is 24.7 Å². The van der Waals surface area contributed by atoms with Crippen LogP contribution in [0.3, 0.4) is 0 Å². The van der Waals surface area contributed by atoms with Crippen LogP contribution in [-0.4, -0.2) is 68.0 Å². The van der Waals surface area contributed by atoms with E-state index in [1.54, 1.807) is 19.1 Å². The molecule has 0 spiro atoms. The Labute approximate surface area is 209 Å². The second-order valence-corrected chi connectivity index (χ2v) is 8.77. The Morgan fingerprint density at radius 2 is 1.56 bits per heavy atom. The maximum Gasteiger partial charge on any atom is 0.326 e. The SMILES string of the molecule is CCC(C)C(NC(=O)C(Cc1cnc[nH]1)NC(=O)C(Cc1ccc(O)cc1)NC(=O)C(C)N)C(=O)O. The summed E-state index contributed by atoms with van der Waals surface area (Å²) in [5, 5.41) is 26.8. The van der Waals surface area contributed by atoms with E-state index in [4.69, 9.17) is 5.73 Å². The van der Waals surface area contributed by atoms with E-state index in [1.165, 1.54) is 31.6 Å². The summed E-state index contributed by atoms with van der Waals surface area (Å²) < 4.78 is 0. The van der Waals surface area contributed by atoms with Gasteiger partial charge < -0.3 is 36.9 Å². The molecule has 2 rings (SSSR count). The zero-order valence-electron chi connectivity index (χ0n) is 20.5. The van der Waals surface area contributed by atoms with Crippen molar-refractivity contribution in [1.29, 1.82) is 0 Å². The Morgan fingerprint density at radius 3 is 2.08 bits per heavy atom. The van der Waals surface area contributed by atoms with Gasteiger partial charge >= 0.3 is 5.97 Å². The molecule has 0 aliphatic carbocycles. The van der Waals surface area contributed by atoms with Crippen LogP contribution in [0.15, 0.2) is 36.8 Å². The van der Waals surface area contributed by atoms with Crippen molar-refractivity contribution >= 4 is 23.7 Å². The number of aromatic hydroxyl groups is 1. The largest absolute Gasteiger partial charge is 0.508 e. The molecule has 1 heterocycles. The molecule has 0 radical (unpaired) electrons. The van der Waals surface area contributed by atoms with Crippen molar-refractivity contribution in [3.63, 3.8) is 0 Å². The molecule has 1 aromatic heterocycles. The second kappa shape index (κ2) is 13.2. The van der Waals surface area contributed by atoms with Crippen molar-refractivity contribution in [2.45, 2.75) is 64.2 Å². The average Bonchev–Trinajstić information content (AvgIpc) is 3.35. The van der Waals surface area contributed by atoms with Crippen molar-refractivity contribution in [2.24, 2.45) is 11.7 Å². The molecule has 36 heavy (non-hydrogen) atoms. The topological polar surface area (TPSA) is 200 Å². The van der Waals surface area contributed by atoms with Crippen molar-refractivity contribution in [2.75, 3.05) is 0 Å². The highest BCUT2D eigenvalue weighted by molar-refractivity contribution is 5.94. The summed E-state index contributed by atoms with van der Waals surface area (Å²) in [6.45, 7) is 4.99. The number of aromatic amines is 1. The first-order chi connectivity index (χ1) is 17.0. The normalized spacial score (nSPS) is 15.1. The van der Waals surface area contributed by atoms with E-state index in [2.05, 4.69) is 25.9 Å². The summed E-state index contributed by atoms with van der Waals surface area (Å²) in [6, 6.07) is 1.84. The number of H-pyrrole nitrogens is 1. The number of nitrogens with zero attached hydrogens (tertiary/aromatic N) is 1.